The molecule has 12 nitrogen and oxygen atoms in total. The topological polar surface area (TPSA) is 203 Å². The van der Waals surface area contributed by atoms with Crippen molar-refractivity contribution < 1.29 is 39.6 Å². The third-order valence-corrected chi connectivity index (χ3v) is 6.76. The number of aromatic nitrogens is 1. The fraction of sp³-hybridized carbons (Fsp3) is 0.409. The molecule has 7 N–H and O–H groups in total. The highest BCUT2D eigenvalue weighted by molar-refractivity contribution is 6.24. The number of nitrogens with two attached hydrogens (primary N) is 1. The van der Waals surface area contributed by atoms with Crippen LogP contribution >= 0.6 is 0 Å². The van der Waals surface area contributed by atoms with Gasteiger partial charge in [0.1, 0.15) is 17.1 Å². The summed E-state index contributed by atoms with van der Waals surface area (Å²) in [5.41, 5.74) is 1.57. The van der Waals surface area contributed by atoms with E-state index < -0.39 is 69.7 Å². The van der Waals surface area contributed by atoms with E-state index in [1.165, 1.54) is 18.0 Å². The van der Waals surface area contributed by atoms with Gasteiger partial charge < -0.3 is 31.5 Å². The number of rotatable bonds is 3. The molecule has 12 heteroatoms. The van der Waals surface area contributed by atoms with Crippen LogP contribution in [0.3, 0.4) is 0 Å². The third kappa shape index (κ3) is 3.02. The van der Waals surface area contributed by atoms with E-state index in [4.69, 9.17) is 5.73 Å². The van der Waals surface area contributed by atoms with Gasteiger partial charge >= 0.3 is 0 Å². The molecule has 3 aliphatic carbocycles. The number of aliphatic hydroxyl groups is 3. The number of carbonyl (C=O) groups excluding carboxylic acids is 4. The van der Waals surface area contributed by atoms with Crippen molar-refractivity contribution >= 4 is 29.2 Å². The van der Waals surface area contributed by atoms with E-state index >= 15 is 0 Å². The summed E-state index contributed by atoms with van der Waals surface area (Å²) in [5, 5.41) is 46.3. The smallest absolute Gasteiger partial charge is 0.255 e. The second-order valence-electron chi connectivity index (χ2n) is 9.00. The van der Waals surface area contributed by atoms with E-state index in [1.807, 2.05) is 0 Å². The second kappa shape index (κ2) is 7.64. The molecule has 4 rings (SSSR count). The van der Waals surface area contributed by atoms with Gasteiger partial charge in [-0.15, -0.1) is 0 Å². The van der Waals surface area contributed by atoms with Gasteiger partial charge in [-0.25, -0.2) is 4.98 Å². The van der Waals surface area contributed by atoms with Crippen LogP contribution in [-0.4, -0.2) is 79.4 Å². The maximum absolute atomic E-state index is 13.4. The van der Waals surface area contributed by atoms with Crippen LogP contribution in [0.2, 0.25) is 0 Å². The summed E-state index contributed by atoms with van der Waals surface area (Å²) in [6, 6.07) is -1.06. The van der Waals surface area contributed by atoms with Crippen LogP contribution in [-0.2, 0) is 20.8 Å². The van der Waals surface area contributed by atoms with Gasteiger partial charge in [-0.2, -0.15) is 0 Å². The fourth-order valence-corrected chi connectivity index (χ4v) is 5.37. The Kier molecular flexibility index (Phi) is 5.25. The molecular formula is C22H24N4O8. The number of carbonyl (C=O) groups is 4. The summed E-state index contributed by atoms with van der Waals surface area (Å²) in [4.78, 5) is 55.4. The third-order valence-electron chi connectivity index (χ3n) is 6.76. The number of likely N-dealkylation sites (N-methyl/N-ethyl adjacent to an activating group) is 1. The number of hydrogen-bond acceptors (Lipinski definition) is 10. The minimum atomic E-state index is -2.70. The van der Waals surface area contributed by atoms with E-state index in [1.54, 1.807) is 14.1 Å². The minimum absolute atomic E-state index is 0.0139. The summed E-state index contributed by atoms with van der Waals surface area (Å²) in [6.45, 7) is 1.19. The first-order chi connectivity index (χ1) is 15.8. The molecule has 1 heterocycles. The fourth-order valence-electron chi connectivity index (χ4n) is 5.37. The van der Waals surface area contributed by atoms with E-state index in [2.05, 4.69) is 10.3 Å². The average molecular weight is 472 g/mol. The largest absolute Gasteiger partial charge is 0.510 e. The van der Waals surface area contributed by atoms with Crippen molar-refractivity contribution in [1.82, 2.24) is 9.88 Å². The molecule has 34 heavy (non-hydrogen) atoms. The highest BCUT2D eigenvalue weighted by atomic mass is 16.3. The van der Waals surface area contributed by atoms with Crippen molar-refractivity contribution in [1.29, 1.82) is 0 Å². The molecule has 0 aromatic carbocycles. The molecule has 4 atom stereocenters. The molecular weight excluding hydrogens is 448 g/mol. The number of allylic oxidation sites excluding steroid dienone is 1. The predicted octanol–water partition coefficient (Wildman–Crippen LogP) is -0.526. The molecule has 0 radical (unpaired) electrons. The Morgan fingerprint density at radius 3 is 2.44 bits per heavy atom. The molecule has 1 aromatic rings. The van der Waals surface area contributed by atoms with Crippen LogP contribution in [0.4, 0.5) is 5.82 Å². The molecule has 0 bridgehead atoms. The average Bonchev–Trinajstić information content (AvgIpc) is 2.72. The standard InChI is InChI=1S/C22H24N4O8/c1-7(27)25-21-17(30)11-9(6-24-21)4-8-5-10-14(26(2)3)16(29)13(20(23)33)19(32)22(10,34)18(31)12(8)15(11)28/h6,8,10,14,29-31,34H,4-5H2,1-3H3,(H2,23,33)(H,24,25,27)/t8-,10-,14-,22-/m0/s1. The number of Topliss-reactive ketones (excluding diaryl/α,β-unsaturated/α-hetero) is 2. The number of aromatic hydroxyl groups is 1. The van der Waals surface area contributed by atoms with Crippen LogP contribution in [0.1, 0.15) is 29.3 Å². The maximum Gasteiger partial charge on any atom is 0.255 e. The highest BCUT2D eigenvalue weighted by Gasteiger charge is 2.63. The Bertz CT molecular complexity index is 1230. The number of amides is 2. The Morgan fingerprint density at radius 1 is 1.24 bits per heavy atom. The molecule has 0 fully saturated rings. The lowest BCUT2D eigenvalue weighted by molar-refractivity contribution is -0.148. The number of primary amides is 1. The Hall–Kier alpha value is -3.77. The van der Waals surface area contributed by atoms with Crippen molar-refractivity contribution in [3.8, 4) is 5.75 Å². The monoisotopic (exact) mass is 472 g/mol. The number of pyridine rings is 1. The van der Waals surface area contributed by atoms with Gasteiger partial charge in [-0.1, -0.05) is 0 Å². The molecule has 0 saturated carbocycles. The molecule has 2 amide bonds. The van der Waals surface area contributed by atoms with Gasteiger partial charge in [0.2, 0.25) is 11.7 Å². The van der Waals surface area contributed by atoms with Gasteiger partial charge in [0.15, 0.2) is 23.0 Å². The van der Waals surface area contributed by atoms with Crippen molar-refractivity contribution in [2.24, 2.45) is 17.6 Å². The molecule has 0 saturated heterocycles. The number of hydrogen-bond donors (Lipinski definition) is 6. The van der Waals surface area contributed by atoms with Crippen LogP contribution in [0.15, 0.2) is 28.9 Å². The summed E-state index contributed by atoms with van der Waals surface area (Å²) >= 11 is 0. The number of anilines is 1. The Balaban J connectivity index is 1.93. The lowest BCUT2D eigenvalue weighted by Crippen LogP contribution is -2.63. The quantitative estimate of drug-likeness (QED) is 0.310. The van der Waals surface area contributed by atoms with E-state index in [0.29, 0.717) is 5.56 Å². The van der Waals surface area contributed by atoms with Crippen molar-refractivity contribution in [2.75, 3.05) is 19.4 Å². The number of fused-ring (bicyclic) bond motifs is 3. The van der Waals surface area contributed by atoms with Gasteiger partial charge in [0, 0.05) is 24.6 Å². The first-order valence-electron chi connectivity index (χ1n) is 10.5. The number of aliphatic hydroxyl groups excluding tert-OH is 2. The number of ketones is 2. The minimum Gasteiger partial charge on any atom is -0.510 e. The van der Waals surface area contributed by atoms with Crippen LogP contribution < -0.4 is 11.1 Å². The van der Waals surface area contributed by atoms with Gasteiger partial charge in [0.05, 0.1) is 11.6 Å². The zero-order valence-corrected chi connectivity index (χ0v) is 18.6. The Morgan fingerprint density at radius 2 is 1.88 bits per heavy atom. The van der Waals surface area contributed by atoms with Crippen LogP contribution in [0.5, 0.6) is 5.75 Å². The second-order valence-corrected chi connectivity index (χ2v) is 9.00. The summed E-state index contributed by atoms with van der Waals surface area (Å²) in [5.74, 6) is -8.20. The highest BCUT2D eigenvalue weighted by Crippen LogP contribution is 2.52. The van der Waals surface area contributed by atoms with Crippen molar-refractivity contribution in [3.63, 3.8) is 0 Å². The zero-order chi connectivity index (χ0) is 25.3. The van der Waals surface area contributed by atoms with E-state index in [-0.39, 0.29) is 29.8 Å². The number of nitrogens with one attached hydrogen (secondary N) is 1. The molecule has 0 unspecified atom stereocenters. The maximum atomic E-state index is 13.4. The molecule has 1 aromatic heterocycles. The molecule has 180 valence electrons. The molecule has 0 aliphatic heterocycles. The van der Waals surface area contributed by atoms with E-state index in [0.717, 1.165) is 0 Å². The number of nitrogens with zero attached hydrogens (tertiary/aromatic N) is 2. The molecule has 3 aliphatic rings. The van der Waals surface area contributed by atoms with Crippen LogP contribution in [0, 0.1) is 11.8 Å². The van der Waals surface area contributed by atoms with Crippen molar-refractivity contribution in [3.05, 3.63) is 40.0 Å². The molecule has 0 spiro atoms. The van der Waals surface area contributed by atoms with Crippen molar-refractivity contribution in [2.45, 2.75) is 31.4 Å². The van der Waals surface area contributed by atoms with Gasteiger partial charge in [-0.05, 0) is 38.4 Å². The Labute approximate surface area is 193 Å². The van der Waals surface area contributed by atoms with E-state index in [9.17, 15) is 39.6 Å². The lowest BCUT2D eigenvalue weighted by Gasteiger charge is -2.50. The van der Waals surface area contributed by atoms with Gasteiger partial charge in [-0.3, -0.25) is 24.1 Å². The van der Waals surface area contributed by atoms with Gasteiger partial charge in [0.25, 0.3) is 5.91 Å². The normalized spacial score (nSPS) is 28.4. The predicted molar refractivity (Wildman–Crippen MR) is 116 cm³/mol. The zero-order valence-electron chi connectivity index (χ0n) is 18.6. The lowest BCUT2D eigenvalue weighted by atomic mass is 9.58. The summed E-state index contributed by atoms with van der Waals surface area (Å²) < 4.78 is 0. The first kappa shape index (κ1) is 23.4. The summed E-state index contributed by atoms with van der Waals surface area (Å²) in [7, 11) is 3.11. The summed E-state index contributed by atoms with van der Waals surface area (Å²) in [6.07, 6.45) is 1.43. The SMILES string of the molecule is CC(=O)Nc1ncc2c(c1O)C(=O)C1=C(O)[C@]3(O)C(=O)C(C(N)=O)=C(O)[C@@H](N(C)C)[C@@H]3C[C@@H]1C2. The first-order valence-corrected chi connectivity index (χ1v) is 10.5. The van der Waals surface area contributed by atoms with Crippen LogP contribution in [0.25, 0.3) is 0 Å².